The molecule has 0 aliphatic heterocycles. The van der Waals surface area contributed by atoms with Crippen LogP contribution in [0.3, 0.4) is 0 Å². The Morgan fingerprint density at radius 3 is 2.53 bits per heavy atom. The van der Waals surface area contributed by atoms with Gasteiger partial charge >= 0.3 is 0 Å². The smallest absolute Gasteiger partial charge is 0.193 e. The van der Waals surface area contributed by atoms with Crippen molar-refractivity contribution in [1.82, 2.24) is 10.2 Å². The number of hydrogen-bond acceptors (Lipinski definition) is 3. The van der Waals surface area contributed by atoms with E-state index in [4.69, 9.17) is 16.0 Å². The van der Waals surface area contributed by atoms with Gasteiger partial charge in [0.25, 0.3) is 0 Å². The number of likely N-dealkylation sites (N-methyl/N-ethyl adjacent to an activating group) is 1. The highest BCUT2D eigenvalue weighted by Crippen LogP contribution is 2.13. The summed E-state index contributed by atoms with van der Waals surface area (Å²) in [7, 11) is 4.15. The van der Waals surface area contributed by atoms with Gasteiger partial charge in [-0.05, 0) is 51.7 Å². The summed E-state index contributed by atoms with van der Waals surface area (Å²) < 4.78 is 5.25. The zero-order chi connectivity index (χ0) is 11.5. The van der Waals surface area contributed by atoms with E-state index in [9.17, 15) is 0 Å². The molecule has 3 nitrogen and oxygen atoms in total. The molecule has 0 aliphatic carbocycles. The average molecular weight is 231 g/mol. The highest BCUT2D eigenvalue weighted by atomic mass is 35.5. The van der Waals surface area contributed by atoms with Gasteiger partial charge in [0.1, 0.15) is 5.76 Å². The lowest BCUT2D eigenvalue weighted by Gasteiger charge is -2.32. The fourth-order valence-electron chi connectivity index (χ4n) is 1.10. The van der Waals surface area contributed by atoms with Gasteiger partial charge in [0, 0.05) is 12.1 Å². The molecule has 0 bridgehead atoms. The Labute approximate surface area is 96.4 Å². The summed E-state index contributed by atoms with van der Waals surface area (Å²) in [5.74, 6) is 0.870. The quantitative estimate of drug-likeness (QED) is 0.842. The summed E-state index contributed by atoms with van der Waals surface area (Å²) in [6, 6.07) is 3.65. The largest absolute Gasteiger partial charge is 0.448 e. The molecule has 0 atom stereocenters. The Morgan fingerprint density at radius 2 is 2.07 bits per heavy atom. The zero-order valence-corrected chi connectivity index (χ0v) is 10.6. The molecule has 15 heavy (non-hydrogen) atoms. The number of hydrogen-bond donors (Lipinski definition) is 1. The maximum atomic E-state index is 5.68. The van der Waals surface area contributed by atoms with Crippen LogP contribution in [0.5, 0.6) is 0 Å². The summed E-state index contributed by atoms with van der Waals surface area (Å²) in [6.07, 6.45) is 0. The first-order chi connectivity index (χ1) is 6.92. The van der Waals surface area contributed by atoms with Crippen LogP contribution in [0, 0.1) is 0 Å². The van der Waals surface area contributed by atoms with Crippen LogP contribution >= 0.6 is 11.6 Å². The Bertz CT molecular complexity index is 307. The molecule has 0 fully saturated rings. The minimum absolute atomic E-state index is 0.135. The molecule has 0 spiro atoms. The monoisotopic (exact) mass is 230 g/mol. The van der Waals surface area contributed by atoms with Crippen molar-refractivity contribution in [3.8, 4) is 0 Å². The normalized spacial score (nSPS) is 12.4. The van der Waals surface area contributed by atoms with E-state index in [0.29, 0.717) is 11.8 Å². The lowest BCUT2D eigenvalue weighted by molar-refractivity contribution is 0.188. The maximum absolute atomic E-state index is 5.68. The van der Waals surface area contributed by atoms with Gasteiger partial charge in [-0.1, -0.05) is 0 Å². The van der Waals surface area contributed by atoms with Crippen LogP contribution in [0.2, 0.25) is 5.22 Å². The third kappa shape index (κ3) is 3.86. The first-order valence-corrected chi connectivity index (χ1v) is 5.42. The van der Waals surface area contributed by atoms with E-state index in [1.807, 2.05) is 6.07 Å². The zero-order valence-electron chi connectivity index (χ0n) is 9.80. The second kappa shape index (κ2) is 5.01. The van der Waals surface area contributed by atoms with Crippen molar-refractivity contribution in [2.24, 2.45) is 0 Å². The van der Waals surface area contributed by atoms with Gasteiger partial charge in [-0.2, -0.15) is 0 Å². The molecule has 0 amide bonds. The van der Waals surface area contributed by atoms with Crippen molar-refractivity contribution in [1.29, 1.82) is 0 Å². The Balaban J connectivity index is 2.33. The van der Waals surface area contributed by atoms with Crippen molar-refractivity contribution in [2.45, 2.75) is 25.9 Å². The van der Waals surface area contributed by atoms with E-state index in [-0.39, 0.29) is 5.54 Å². The lowest BCUT2D eigenvalue weighted by Crippen LogP contribution is -2.46. The molecule has 1 heterocycles. The van der Waals surface area contributed by atoms with Crippen LogP contribution in [0.25, 0.3) is 0 Å². The highest BCUT2D eigenvalue weighted by molar-refractivity contribution is 6.28. The third-order valence-corrected chi connectivity index (χ3v) is 2.90. The molecule has 0 saturated heterocycles. The van der Waals surface area contributed by atoms with Crippen LogP contribution in [-0.4, -0.2) is 31.1 Å². The van der Waals surface area contributed by atoms with E-state index in [1.165, 1.54) is 0 Å². The van der Waals surface area contributed by atoms with Crippen LogP contribution in [-0.2, 0) is 6.54 Å². The standard InChI is InChI=1S/C11H19ClN2O/c1-11(2,14(3)4)8-13-7-9-5-6-10(12)15-9/h5-6,13H,7-8H2,1-4H3. The molecule has 0 radical (unpaired) electrons. The summed E-state index contributed by atoms with van der Waals surface area (Å²) in [5, 5.41) is 3.79. The predicted octanol–water partition coefficient (Wildman–Crippen LogP) is 2.36. The molecular formula is C11H19ClN2O. The molecule has 1 N–H and O–H groups in total. The van der Waals surface area contributed by atoms with E-state index in [1.54, 1.807) is 6.07 Å². The fraction of sp³-hybridized carbons (Fsp3) is 0.636. The van der Waals surface area contributed by atoms with Gasteiger partial charge in [-0.25, -0.2) is 0 Å². The molecule has 1 rings (SSSR count). The third-order valence-electron chi connectivity index (χ3n) is 2.70. The average Bonchev–Trinajstić information content (AvgIpc) is 2.51. The van der Waals surface area contributed by atoms with E-state index in [2.05, 4.69) is 38.2 Å². The van der Waals surface area contributed by atoms with Crippen molar-refractivity contribution in [3.05, 3.63) is 23.1 Å². The Hall–Kier alpha value is -0.510. The molecule has 0 aromatic carbocycles. The molecule has 1 aromatic heterocycles. The molecular weight excluding hydrogens is 212 g/mol. The van der Waals surface area contributed by atoms with Crippen LogP contribution < -0.4 is 5.32 Å². The first kappa shape index (κ1) is 12.6. The molecule has 0 saturated carbocycles. The number of halogens is 1. The Kier molecular flexibility index (Phi) is 4.20. The molecule has 4 heteroatoms. The molecule has 0 aliphatic rings. The maximum Gasteiger partial charge on any atom is 0.193 e. The van der Waals surface area contributed by atoms with Gasteiger partial charge in [0.05, 0.1) is 6.54 Å². The summed E-state index contributed by atoms with van der Waals surface area (Å²) in [6.45, 7) is 5.99. The number of nitrogens with zero attached hydrogens (tertiary/aromatic N) is 1. The van der Waals surface area contributed by atoms with E-state index >= 15 is 0 Å². The molecule has 86 valence electrons. The van der Waals surface area contributed by atoms with Crippen LogP contribution in [0.4, 0.5) is 0 Å². The minimum Gasteiger partial charge on any atom is -0.448 e. The first-order valence-electron chi connectivity index (χ1n) is 5.04. The summed E-state index contributed by atoms with van der Waals surface area (Å²) in [4.78, 5) is 2.19. The van der Waals surface area contributed by atoms with Crippen molar-refractivity contribution in [2.75, 3.05) is 20.6 Å². The van der Waals surface area contributed by atoms with Crippen LogP contribution in [0.15, 0.2) is 16.5 Å². The van der Waals surface area contributed by atoms with Gasteiger partial charge in [0.2, 0.25) is 0 Å². The van der Waals surface area contributed by atoms with Crippen LogP contribution in [0.1, 0.15) is 19.6 Å². The second-order valence-corrected chi connectivity index (χ2v) is 4.89. The van der Waals surface area contributed by atoms with Gasteiger partial charge in [-0.15, -0.1) is 0 Å². The fourth-order valence-corrected chi connectivity index (χ4v) is 1.26. The van der Waals surface area contributed by atoms with Crippen molar-refractivity contribution < 1.29 is 4.42 Å². The van der Waals surface area contributed by atoms with Gasteiger partial charge < -0.3 is 14.6 Å². The number of rotatable bonds is 5. The SMILES string of the molecule is CN(C)C(C)(C)CNCc1ccc(Cl)o1. The highest BCUT2D eigenvalue weighted by Gasteiger charge is 2.19. The molecule has 1 aromatic rings. The van der Waals surface area contributed by atoms with Crippen molar-refractivity contribution >= 4 is 11.6 Å². The topological polar surface area (TPSA) is 28.4 Å². The van der Waals surface area contributed by atoms with Crippen molar-refractivity contribution in [3.63, 3.8) is 0 Å². The lowest BCUT2D eigenvalue weighted by atomic mass is 10.0. The summed E-state index contributed by atoms with van der Waals surface area (Å²) >= 11 is 5.68. The van der Waals surface area contributed by atoms with Gasteiger partial charge in [0.15, 0.2) is 5.22 Å². The second-order valence-electron chi connectivity index (χ2n) is 4.52. The Morgan fingerprint density at radius 1 is 1.40 bits per heavy atom. The predicted molar refractivity (Wildman–Crippen MR) is 63.2 cm³/mol. The minimum atomic E-state index is 0.135. The number of nitrogens with one attached hydrogen (secondary N) is 1. The van der Waals surface area contributed by atoms with E-state index in [0.717, 1.165) is 12.3 Å². The summed E-state index contributed by atoms with van der Waals surface area (Å²) in [5.41, 5.74) is 0.135. The van der Waals surface area contributed by atoms with E-state index < -0.39 is 0 Å². The number of furan rings is 1. The molecule has 0 unspecified atom stereocenters. The van der Waals surface area contributed by atoms with Gasteiger partial charge in [-0.3, -0.25) is 0 Å².